The molecule has 0 radical (unpaired) electrons. The van der Waals surface area contributed by atoms with E-state index < -0.39 is 6.80 Å². The highest BCUT2D eigenvalue weighted by Crippen LogP contribution is 2.59. The molecule has 0 aliphatic carbocycles. The van der Waals surface area contributed by atoms with Gasteiger partial charge in [0.2, 0.25) is 0 Å². The molecule has 1 aromatic carbocycles. The highest BCUT2D eigenvalue weighted by atomic mass is 32.7. The van der Waals surface area contributed by atoms with Crippen molar-refractivity contribution in [2.45, 2.75) is 13.8 Å². The quantitative estimate of drug-likeness (QED) is 0.508. The number of ether oxygens (including phenoxy) is 1. The van der Waals surface area contributed by atoms with E-state index in [2.05, 4.69) is 0 Å². The second kappa shape index (κ2) is 8.59. The van der Waals surface area contributed by atoms with Crippen LogP contribution in [0.2, 0.25) is 0 Å². The molecule has 102 valence electrons. The van der Waals surface area contributed by atoms with Crippen molar-refractivity contribution in [2.75, 3.05) is 25.6 Å². The Morgan fingerprint density at radius 3 is 2.50 bits per heavy atom. The van der Waals surface area contributed by atoms with E-state index in [9.17, 15) is 4.57 Å². The summed E-state index contributed by atoms with van der Waals surface area (Å²) >= 11 is 1.17. The average Bonchev–Trinajstić information content (AvgIpc) is 2.36. The van der Waals surface area contributed by atoms with Crippen LogP contribution in [0.5, 0.6) is 5.75 Å². The van der Waals surface area contributed by atoms with Crippen LogP contribution in [-0.2, 0) is 13.8 Å². The van der Waals surface area contributed by atoms with E-state index in [1.807, 2.05) is 25.1 Å². The predicted octanol–water partition coefficient (Wildman–Crippen LogP) is 3.98. The van der Waals surface area contributed by atoms with Crippen molar-refractivity contribution >= 4 is 18.2 Å². The Hall–Kier alpha value is -0.480. The summed E-state index contributed by atoms with van der Waals surface area (Å²) in [5.74, 6) is 1.14. The third kappa shape index (κ3) is 5.91. The molecule has 4 nitrogen and oxygen atoms in total. The molecular formula is C12H19O4PS. The molecule has 1 atom stereocenters. The zero-order valence-electron chi connectivity index (χ0n) is 10.7. The number of hydrogen-bond acceptors (Lipinski definition) is 5. The van der Waals surface area contributed by atoms with Crippen molar-refractivity contribution in [3.8, 4) is 5.75 Å². The average molecular weight is 290 g/mol. The number of para-hydroxylation sites is 1. The Balaban J connectivity index is 2.54. The van der Waals surface area contributed by atoms with E-state index in [4.69, 9.17) is 13.8 Å². The lowest BCUT2D eigenvalue weighted by Gasteiger charge is -2.17. The van der Waals surface area contributed by atoms with Gasteiger partial charge in [-0.15, -0.1) is 0 Å². The lowest BCUT2D eigenvalue weighted by atomic mass is 10.3. The molecule has 1 rings (SSSR count). The lowest BCUT2D eigenvalue weighted by Crippen LogP contribution is -2.00. The van der Waals surface area contributed by atoms with E-state index in [1.165, 1.54) is 11.4 Å². The summed E-state index contributed by atoms with van der Waals surface area (Å²) in [5.41, 5.74) is 0. The van der Waals surface area contributed by atoms with E-state index in [0.717, 1.165) is 0 Å². The Morgan fingerprint density at radius 1 is 1.17 bits per heavy atom. The highest BCUT2D eigenvalue weighted by Gasteiger charge is 2.26. The first-order chi connectivity index (χ1) is 8.70. The maximum Gasteiger partial charge on any atom is 0.440 e. The first kappa shape index (κ1) is 15.6. The first-order valence-corrected chi connectivity index (χ1v) is 9.05. The van der Waals surface area contributed by atoms with Crippen LogP contribution in [0.1, 0.15) is 13.8 Å². The third-order valence-corrected chi connectivity index (χ3v) is 5.64. The molecule has 18 heavy (non-hydrogen) atoms. The second-order valence-electron chi connectivity index (χ2n) is 3.30. The van der Waals surface area contributed by atoms with Crippen molar-refractivity contribution in [1.82, 2.24) is 0 Å². The first-order valence-electron chi connectivity index (χ1n) is 5.91. The Morgan fingerprint density at radius 2 is 1.89 bits per heavy atom. The standard InChI is InChI=1S/C12H19O4PS/c1-3-14-10-11-18-17(13,15-4-2)16-12-8-6-5-7-9-12/h5-9H,3-4,10-11H2,1-2H3. The van der Waals surface area contributed by atoms with Crippen LogP contribution in [0.3, 0.4) is 0 Å². The molecule has 0 bridgehead atoms. The summed E-state index contributed by atoms with van der Waals surface area (Å²) < 4.78 is 28.3. The molecule has 0 aromatic heterocycles. The SMILES string of the molecule is CCOCCSP(=O)(OCC)Oc1ccccc1. The van der Waals surface area contributed by atoms with Crippen LogP contribution in [0, 0.1) is 0 Å². The van der Waals surface area contributed by atoms with Crippen molar-refractivity contribution in [1.29, 1.82) is 0 Å². The van der Waals surface area contributed by atoms with Gasteiger partial charge in [0.15, 0.2) is 0 Å². The largest absolute Gasteiger partial charge is 0.440 e. The predicted molar refractivity (Wildman–Crippen MR) is 75.3 cm³/mol. The molecule has 0 heterocycles. The number of hydrogen-bond donors (Lipinski definition) is 0. The van der Waals surface area contributed by atoms with Gasteiger partial charge in [0, 0.05) is 12.4 Å². The van der Waals surface area contributed by atoms with Gasteiger partial charge in [0.1, 0.15) is 5.75 Å². The van der Waals surface area contributed by atoms with Crippen molar-refractivity contribution < 1.29 is 18.3 Å². The van der Waals surface area contributed by atoms with Crippen LogP contribution >= 0.6 is 18.2 Å². The molecule has 0 saturated carbocycles. The molecule has 6 heteroatoms. The maximum absolute atomic E-state index is 12.4. The fourth-order valence-electron chi connectivity index (χ4n) is 1.21. The molecule has 0 N–H and O–H groups in total. The molecule has 0 fully saturated rings. The van der Waals surface area contributed by atoms with Gasteiger partial charge in [-0.3, -0.25) is 4.52 Å². The van der Waals surface area contributed by atoms with Crippen molar-refractivity contribution in [3.05, 3.63) is 30.3 Å². The van der Waals surface area contributed by atoms with Gasteiger partial charge in [0.05, 0.1) is 13.2 Å². The van der Waals surface area contributed by atoms with Crippen LogP contribution in [-0.4, -0.2) is 25.6 Å². The fourth-order valence-corrected chi connectivity index (χ4v) is 4.35. The van der Waals surface area contributed by atoms with E-state index in [0.29, 0.717) is 31.3 Å². The highest BCUT2D eigenvalue weighted by molar-refractivity contribution is 8.55. The molecular weight excluding hydrogens is 271 g/mol. The van der Waals surface area contributed by atoms with E-state index in [1.54, 1.807) is 19.1 Å². The van der Waals surface area contributed by atoms with Crippen LogP contribution in [0.15, 0.2) is 30.3 Å². The molecule has 1 aromatic rings. The molecule has 0 saturated heterocycles. The Bertz CT molecular complexity index is 372. The van der Waals surface area contributed by atoms with Gasteiger partial charge in [-0.1, -0.05) is 18.2 Å². The smallest absolute Gasteiger partial charge is 0.417 e. The summed E-state index contributed by atoms with van der Waals surface area (Å²) in [5, 5.41) is 0. The van der Waals surface area contributed by atoms with Gasteiger partial charge < -0.3 is 9.26 Å². The van der Waals surface area contributed by atoms with Crippen molar-refractivity contribution in [3.63, 3.8) is 0 Å². The zero-order valence-corrected chi connectivity index (χ0v) is 12.4. The summed E-state index contributed by atoms with van der Waals surface area (Å²) in [6.45, 7) is 2.12. The van der Waals surface area contributed by atoms with Gasteiger partial charge in [-0.25, -0.2) is 4.57 Å². The minimum atomic E-state index is -3.14. The third-order valence-electron chi connectivity index (χ3n) is 1.93. The van der Waals surface area contributed by atoms with E-state index >= 15 is 0 Å². The van der Waals surface area contributed by atoms with Gasteiger partial charge in [-0.05, 0) is 37.4 Å². The molecule has 0 spiro atoms. The number of benzene rings is 1. The normalized spacial score (nSPS) is 14.1. The van der Waals surface area contributed by atoms with Crippen molar-refractivity contribution in [2.24, 2.45) is 0 Å². The van der Waals surface area contributed by atoms with Gasteiger partial charge in [0.25, 0.3) is 0 Å². The zero-order chi connectivity index (χ0) is 13.3. The second-order valence-corrected chi connectivity index (χ2v) is 7.42. The maximum atomic E-state index is 12.4. The summed E-state index contributed by atoms with van der Waals surface area (Å²) in [7, 11) is 0. The van der Waals surface area contributed by atoms with Gasteiger partial charge in [-0.2, -0.15) is 0 Å². The Kier molecular flexibility index (Phi) is 7.44. The Labute approximate surface area is 112 Å². The van der Waals surface area contributed by atoms with Crippen LogP contribution in [0.4, 0.5) is 0 Å². The summed E-state index contributed by atoms with van der Waals surface area (Å²) in [4.78, 5) is 0. The van der Waals surface area contributed by atoms with E-state index in [-0.39, 0.29) is 0 Å². The summed E-state index contributed by atoms with van der Waals surface area (Å²) in [6.07, 6.45) is 0. The summed E-state index contributed by atoms with van der Waals surface area (Å²) in [6, 6.07) is 9.05. The lowest BCUT2D eigenvalue weighted by molar-refractivity contribution is 0.164. The van der Waals surface area contributed by atoms with Gasteiger partial charge >= 0.3 is 6.80 Å². The minimum absolute atomic E-state index is 0.353. The molecule has 0 amide bonds. The molecule has 1 unspecified atom stereocenters. The minimum Gasteiger partial charge on any atom is -0.417 e. The van der Waals surface area contributed by atoms with Crippen LogP contribution < -0.4 is 4.52 Å². The molecule has 0 aliphatic rings. The number of rotatable bonds is 9. The monoisotopic (exact) mass is 290 g/mol. The topological polar surface area (TPSA) is 44.8 Å². The molecule has 0 aliphatic heterocycles. The van der Waals surface area contributed by atoms with Crippen LogP contribution in [0.25, 0.3) is 0 Å². The fraction of sp³-hybridized carbons (Fsp3) is 0.500.